The van der Waals surface area contributed by atoms with E-state index < -0.39 is 21.9 Å². The number of rotatable bonds is 13. The molecule has 0 aliphatic rings. The summed E-state index contributed by atoms with van der Waals surface area (Å²) in [7, 11) is -0.729. The summed E-state index contributed by atoms with van der Waals surface area (Å²) in [6.07, 6.45) is 1.37. The number of likely N-dealkylation sites (N-methyl/N-ethyl adjacent to an activating group) is 1. The van der Waals surface area contributed by atoms with Crippen LogP contribution in [-0.4, -0.2) is 58.1 Å². The molecule has 0 spiro atoms. The van der Waals surface area contributed by atoms with Crippen molar-refractivity contribution in [3.05, 3.63) is 95.8 Å². The molecule has 0 radical (unpaired) electrons. The van der Waals surface area contributed by atoms with E-state index in [1.165, 1.54) is 30.1 Å². The standard InChI is InChI=1S/C29H34FN3O5S/c1-31-29(35)27(20-22-11-5-4-6-12-22)32(21-23-13-9-14-24(19-23)38-2)28(34)17-10-18-33(39(3,36)37)26-16-8-7-15-25(26)30/h4-9,11-16,19,27H,10,17-18,20-21H2,1-3H3,(H,31,35)/t27-/m0/s1. The second kappa shape index (κ2) is 13.7. The predicted molar refractivity (Wildman–Crippen MR) is 149 cm³/mol. The molecule has 0 bridgehead atoms. The zero-order valence-corrected chi connectivity index (χ0v) is 23.2. The molecule has 0 aromatic heterocycles. The first kappa shape index (κ1) is 29.6. The summed E-state index contributed by atoms with van der Waals surface area (Å²) >= 11 is 0. The fourth-order valence-electron chi connectivity index (χ4n) is 4.32. The number of ether oxygens (including phenoxy) is 1. The zero-order valence-electron chi connectivity index (χ0n) is 22.3. The Morgan fingerprint density at radius 3 is 2.28 bits per heavy atom. The molecular formula is C29H34FN3O5S. The number of hydrogen-bond donors (Lipinski definition) is 1. The molecular weight excluding hydrogens is 521 g/mol. The van der Waals surface area contributed by atoms with Crippen LogP contribution in [-0.2, 0) is 32.6 Å². The van der Waals surface area contributed by atoms with Gasteiger partial charge in [0.1, 0.15) is 17.6 Å². The number of sulfonamides is 1. The van der Waals surface area contributed by atoms with E-state index in [-0.39, 0.29) is 43.4 Å². The third-order valence-electron chi connectivity index (χ3n) is 6.28. The minimum atomic E-state index is -3.80. The Morgan fingerprint density at radius 2 is 1.64 bits per heavy atom. The van der Waals surface area contributed by atoms with Gasteiger partial charge in [0.2, 0.25) is 21.8 Å². The smallest absolute Gasteiger partial charge is 0.242 e. The van der Waals surface area contributed by atoms with Crippen molar-refractivity contribution < 1.29 is 27.1 Å². The Morgan fingerprint density at radius 1 is 0.974 bits per heavy atom. The molecule has 3 aromatic carbocycles. The van der Waals surface area contributed by atoms with Gasteiger partial charge in [0, 0.05) is 33.0 Å². The summed E-state index contributed by atoms with van der Waals surface area (Å²) < 4.78 is 45.5. The molecule has 0 heterocycles. The molecule has 10 heteroatoms. The summed E-state index contributed by atoms with van der Waals surface area (Å²) in [5.41, 5.74) is 1.58. The van der Waals surface area contributed by atoms with Gasteiger partial charge in [0.25, 0.3) is 0 Å². The number of carbonyl (C=O) groups excluding carboxylic acids is 2. The second-order valence-electron chi connectivity index (χ2n) is 9.08. The van der Waals surface area contributed by atoms with Crippen molar-refractivity contribution in [2.24, 2.45) is 0 Å². The summed E-state index contributed by atoms with van der Waals surface area (Å²) in [6.45, 7) is 0.0475. The van der Waals surface area contributed by atoms with E-state index in [9.17, 15) is 22.4 Å². The molecule has 0 aliphatic heterocycles. The largest absolute Gasteiger partial charge is 0.497 e. The molecule has 0 aliphatic carbocycles. The van der Waals surface area contributed by atoms with Crippen LogP contribution in [0.25, 0.3) is 0 Å². The number of carbonyl (C=O) groups is 2. The van der Waals surface area contributed by atoms with Crippen molar-refractivity contribution in [3.63, 3.8) is 0 Å². The minimum absolute atomic E-state index is 0.0489. The zero-order chi connectivity index (χ0) is 28.4. The molecule has 1 N–H and O–H groups in total. The van der Waals surface area contributed by atoms with Crippen molar-refractivity contribution >= 4 is 27.5 Å². The van der Waals surface area contributed by atoms with E-state index in [0.717, 1.165) is 21.7 Å². The number of methoxy groups -OCH3 is 1. The predicted octanol–water partition coefficient (Wildman–Crippen LogP) is 3.77. The summed E-state index contributed by atoms with van der Waals surface area (Å²) in [5, 5.41) is 2.66. The van der Waals surface area contributed by atoms with Crippen LogP contribution < -0.4 is 14.4 Å². The molecule has 0 saturated heterocycles. The molecule has 3 rings (SSSR count). The number of nitrogens with one attached hydrogen (secondary N) is 1. The lowest BCUT2D eigenvalue weighted by atomic mass is 10.0. The molecule has 8 nitrogen and oxygen atoms in total. The number of amides is 2. The Labute approximate surface area is 229 Å². The van der Waals surface area contributed by atoms with E-state index in [1.807, 2.05) is 36.4 Å². The lowest BCUT2D eigenvalue weighted by molar-refractivity contribution is -0.141. The number of hydrogen-bond acceptors (Lipinski definition) is 5. The molecule has 39 heavy (non-hydrogen) atoms. The molecule has 3 aromatic rings. The Kier molecular flexibility index (Phi) is 10.4. The fourth-order valence-corrected chi connectivity index (χ4v) is 5.29. The first-order chi connectivity index (χ1) is 18.6. The molecule has 0 unspecified atom stereocenters. The van der Waals surface area contributed by atoms with Crippen molar-refractivity contribution in [2.75, 3.05) is 31.3 Å². The van der Waals surface area contributed by atoms with Crippen LogP contribution in [0.2, 0.25) is 0 Å². The van der Waals surface area contributed by atoms with Gasteiger partial charge >= 0.3 is 0 Å². The van der Waals surface area contributed by atoms with Gasteiger partial charge in [-0.1, -0.05) is 54.6 Å². The normalized spacial score (nSPS) is 11.9. The maximum Gasteiger partial charge on any atom is 0.242 e. The van der Waals surface area contributed by atoms with Crippen molar-refractivity contribution in [1.29, 1.82) is 0 Å². The first-order valence-electron chi connectivity index (χ1n) is 12.5. The highest BCUT2D eigenvalue weighted by atomic mass is 32.2. The first-order valence-corrected chi connectivity index (χ1v) is 14.4. The van der Waals surface area contributed by atoms with Crippen molar-refractivity contribution in [1.82, 2.24) is 10.2 Å². The minimum Gasteiger partial charge on any atom is -0.497 e. The number of nitrogens with zero attached hydrogens (tertiary/aromatic N) is 2. The third-order valence-corrected chi connectivity index (χ3v) is 7.46. The van der Waals surface area contributed by atoms with Gasteiger partial charge in [-0.15, -0.1) is 0 Å². The average Bonchev–Trinajstić information content (AvgIpc) is 2.93. The lowest BCUT2D eigenvalue weighted by Crippen LogP contribution is -2.49. The summed E-state index contributed by atoms with van der Waals surface area (Å²) in [4.78, 5) is 28.2. The van der Waals surface area contributed by atoms with Gasteiger partial charge in [-0.2, -0.15) is 0 Å². The molecule has 1 atom stereocenters. The Bertz CT molecular complexity index is 1370. The Balaban J connectivity index is 1.87. The molecule has 2 amide bonds. The highest BCUT2D eigenvalue weighted by Gasteiger charge is 2.30. The molecule has 0 fully saturated rings. The maximum absolute atomic E-state index is 14.4. The third kappa shape index (κ3) is 8.28. The number of benzene rings is 3. The summed E-state index contributed by atoms with van der Waals surface area (Å²) in [5.74, 6) is -0.701. The van der Waals surface area contributed by atoms with Crippen LogP contribution in [0.4, 0.5) is 10.1 Å². The van der Waals surface area contributed by atoms with E-state index in [0.29, 0.717) is 12.2 Å². The highest BCUT2D eigenvalue weighted by Crippen LogP contribution is 2.23. The topological polar surface area (TPSA) is 96.0 Å². The van der Waals surface area contributed by atoms with E-state index in [4.69, 9.17) is 4.74 Å². The van der Waals surface area contributed by atoms with Crippen molar-refractivity contribution in [2.45, 2.75) is 31.8 Å². The van der Waals surface area contributed by atoms with Gasteiger partial charge in [0.15, 0.2) is 0 Å². The molecule has 0 saturated carbocycles. The molecule has 208 valence electrons. The van der Waals surface area contributed by atoms with Crippen LogP contribution in [0.5, 0.6) is 5.75 Å². The maximum atomic E-state index is 14.4. The fraction of sp³-hybridized carbons (Fsp3) is 0.310. The van der Waals surface area contributed by atoms with E-state index >= 15 is 0 Å². The van der Waals surface area contributed by atoms with Gasteiger partial charge < -0.3 is 15.0 Å². The lowest BCUT2D eigenvalue weighted by Gasteiger charge is -2.31. The van der Waals surface area contributed by atoms with Gasteiger partial charge in [-0.05, 0) is 41.8 Å². The second-order valence-corrected chi connectivity index (χ2v) is 11.0. The number of halogens is 1. The van der Waals surface area contributed by atoms with Crippen molar-refractivity contribution in [3.8, 4) is 5.75 Å². The SMILES string of the molecule is CNC(=O)[C@H](Cc1ccccc1)N(Cc1cccc(OC)c1)C(=O)CCCN(c1ccccc1F)S(C)(=O)=O. The van der Waals surface area contributed by atoms with E-state index in [2.05, 4.69) is 5.32 Å². The summed E-state index contributed by atoms with van der Waals surface area (Å²) in [6, 6.07) is 21.4. The highest BCUT2D eigenvalue weighted by molar-refractivity contribution is 7.92. The quantitative estimate of drug-likeness (QED) is 0.347. The monoisotopic (exact) mass is 555 g/mol. The van der Waals surface area contributed by atoms with Crippen LogP contribution in [0.1, 0.15) is 24.0 Å². The van der Waals surface area contributed by atoms with Crippen LogP contribution in [0.3, 0.4) is 0 Å². The van der Waals surface area contributed by atoms with Crippen LogP contribution in [0.15, 0.2) is 78.9 Å². The average molecular weight is 556 g/mol. The van der Waals surface area contributed by atoms with Gasteiger partial charge in [-0.25, -0.2) is 12.8 Å². The Hall–Kier alpha value is -3.92. The van der Waals surface area contributed by atoms with Gasteiger partial charge in [-0.3, -0.25) is 13.9 Å². The van der Waals surface area contributed by atoms with E-state index in [1.54, 1.807) is 31.4 Å². The number of anilines is 1. The van der Waals surface area contributed by atoms with Crippen LogP contribution in [0, 0.1) is 5.82 Å². The van der Waals surface area contributed by atoms with Gasteiger partial charge in [0.05, 0.1) is 19.1 Å². The van der Waals surface area contributed by atoms with Crippen LogP contribution >= 0.6 is 0 Å². The number of para-hydroxylation sites is 1.